The van der Waals surface area contributed by atoms with Gasteiger partial charge in [-0.25, -0.2) is 0 Å². The Hall–Kier alpha value is -2.20. The van der Waals surface area contributed by atoms with Gasteiger partial charge in [0, 0.05) is 40.5 Å². The lowest BCUT2D eigenvalue weighted by Gasteiger charge is -2.12. The van der Waals surface area contributed by atoms with Crippen molar-refractivity contribution in [3.63, 3.8) is 0 Å². The van der Waals surface area contributed by atoms with Crippen molar-refractivity contribution in [1.29, 1.82) is 0 Å². The molecule has 1 atom stereocenters. The maximum Gasteiger partial charge on any atom is 0.190 e. The number of benzene rings is 2. The fourth-order valence-corrected chi connectivity index (χ4v) is 3.02. The summed E-state index contributed by atoms with van der Waals surface area (Å²) in [6, 6.07) is 16.7. The third-order valence-electron chi connectivity index (χ3n) is 3.64. The van der Waals surface area contributed by atoms with Gasteiger partial charge in [-0.05, 0) is 29.8 Å². The molecule has 0 aliphatic heterocycles. The summed E-state index contributed by atoms with van der Waals surface area (Å²) in [5.74, 6) is 0. The van der Waals surface area contributed by atoms with Crippen LogP contribution in [-0.4, -0.2) is 15.0 Å². The van der Waals surface area contributed by atoms with Crippen LogP contribution >= 0.6 is 0 Å². The van der Waals surface area contributed by atoms with Crippen LogP contribution in [0.3, 0.4) is 0 Å². The Morgan fingerprint density at radius 2 is 1.67 bits per heavy atom. The van der Waals surface area contributed by atoms with Crippen LogP contribution in [0.4, 0.5) is 0 Å². The Balaban J connectivity index is 2.23. The van der Waals surface area contributed by atoms with E-state index in [0.29, 0.717) is 0 Å². The molecule has 0 amide bonds. The summed E-state index contributed by atoms with van der Waals surface area (Å²) in [5.41, 5.74) is 2.71. The first kappa shape index (κ1) is 13.8. The lowest BCUT2D eigenvalue weighted by Crippen LogP contribution is -2.08. The zero-order chi connectivity index (χ0) is 15.0. The zero-order valence-corrected chi connectivity index (χ0v) is 12.7. The van der Waals surface area contributed by atoms with Crippen LogP contribution in [-0.2, 0) is 17.8 Å². The van der Waals surface area contributed by atoms with E-state index < -0.39 is 10.8 Å². The molecule has 3 aromatic rings. The summed E-state index contributed by atoms with van der Waals surface area (Å²) in [4.78, 5) is 13.0. The Morgan fingerprint density at radius 3 is 2.33 bits per heavy atom. The summed E-state index contributed by atoms with van der Waals surface area (Å²) in [6.07, 6.45) is 1.65. The molecule has 106 valence electrons. The molecule has 2 aromatic carbocycles. The molecule has 1 unspecified atom stereocenters. The van der Waals surface area contributed by atoms with Crippen molar-refractivity contribution in [1.82, 2.24) is 4.57 Å². The molecule has 21 heavy (non-hydrogen) atoms. The van der Waals surface area contributed by atoms with Crippen molar-refractivity contribution in [2.75, 3.05) is 6.26 Å². The van der Waals surface area contributed by atoms with Gasteiger partial charge < -0.3 is 4.57 Å². The van der Waals surface area contributed by atoms with Gasteiger partial charge in [-0.15, -0.1) is 0 Å². The number of rotatable bonds is 2. The van der Waals surface area contributed by atoms with E-state index in [1.165, 1.54) is 0 Å². The Bertz CT molecular complexity index is 895. The average Bonchev–Trinajstić information content (AvgIpc) is 2.51. The first-order chi connectivity index (χ1) is 10.1. The molecule has 0 aliphatic rings. The minimum absolute atomic E-state index is 0.0156. The number of aromatic nitrogens is 1. The second-order valence-corrected chi connectivity index (χ2v) is 6.33. The molecule has 0 N–H and O–H groups in total. The van der Waals surface area contributed by atoms with E-state index in [4.69, 9.17) is 0 Å². The summed E-state index contributed by atoms with van der Waals surface area (Å²) >= 11 is 0. The van der Waals surface area contributed by atoms with Gasteiger partial charge in [-0.1, -0.05) is 24.3 Å². The molecule has 0 bridgehead atoms. The van der Waals surface area contributed by atoms with E-state index in [2.05, 4.69) is 0 Å². The standard InChI is InChI=1S/C17H15NO2S/c1-18-15-6-4-3-5-14(15)17(19)11-16(18)12-7-9-13(10-8-12)21(2)20/h3-11H,1-2H3. The highest BCUT2D eigenvalue weighted by Gasteiger charge is 2.08. The Morgan fingerprint density at radius 1 is 1.00 bits per heavy atom. The quantitative estimate of drug-likeness (QED) is 0.729. The van der Waals surface area contributed by atoms with E-state index in [1.54, 1.807) is 12.3 Å². The van der Waals surface area contributed by atoms with Crippen molar-refractivity contribution in [3.05, 3.63) is 64.8 Å². The number of nitrogens with zero attached hydrogens (tertiary/aromatic N) is 1. The highest BCUT2D eigenvalue weighted by atomic mass is 32.2. The van der Waals surface area contributed by atoms with Gasteiger partial charge in [0.1, 0.15) is 0 Å². The maximum atomic E-state index is 12.2. The Labute approximate surface area is 125 Å². The lowest BCUT2D eigenvalue weighted by molar-refractivity contribution is 0.687. The molecular formula is C17H15NO2S. The molecule has 0 radical (unpaired) electrons. The molecule has 0 fully saturated rings. The predicted octanol–water partition coefficient (Wildman–Crippen LogP) is 2.94. The van der Waals surface area contributed by atoms with Crippen molar-refractivity contribution in [2.24, 2.45) is 7.05 Å². The Kier molecular flexibility index (Phi) is 3.47. The largest absolute Gasteiger partial charge is 0.343 e. The minimum Gasteiger partial charge on any atom is -0.343 e. The third-order valence-corrected chi connectivity index (χ3v) is 4.58. The summed E-state index contributed by atoms with van der Waals surface area (Å²) in [7, 11) is 0.953. The number of hydrogen-bond acceptors (Lipinski definition) is 2. The molecule has 1 aromatic heterocycles. The molecule has 3 rings (SSSR count). The smallest absolute Gasteiger partial charge is 0.190 e. The predicted molar refractivity (Wildman–Crippen MR) is 87.0 cm³/mol. The molecule has 1 heterocycles. The summed E-state index contributed by atoms with van der Waals surface area (Å²) < 4.78 is 13.5. The van der Waals surface area contributed by atoms with Crippen LogP contribution < -0.4 is 5.43 Å². The van der Waals surface area contributed by atoms with E-state index in [-0.39, 0.29) is 5.43 Å². The van der Waals surface area contributed by atoms with Crippen LogP contribution in [0.5, 0.6) is 0 Å². The van der Waals surface area contributed by atoms with Crippen LogP contribution in [0.2, 0.25) is 0 Å². The number of pyridine rings is 1. The van der Waals surface area contributed by atoms with Crippen molar-refractivity contribution < 1.29 is 4.21 Å². The van der Waals surface area contributed by atoms with Gasteiger partial charge >= 0.3 is 0 Å². The molecule has 3 nitrogen and oxygen atoms in total. The van der Waals surface area contributed by atoms with E-state index in [9.17, 15) is 9.00 Å². The van der Waals surface area contributed by atoms with Crippen molar-refractivity contribution in [2.45, 2.75) is 4.90 Å². The monoisotopic (exact) mass is 297 g/mol. The normalized spacial score (nSPS) is 12.5. The number of aryl methyl sites for hydroxylation is 1. The van der Waals surface area contributed by atoms with Gasteiger partial charge in [0.05, 0.1) is 11.2 Å². The van der Waals surface area contributed by atoms with Gasteiger partial charge in [-0.2, -0.15) is 0 Å². The third kappa shape index (κ3) is 2.43. The molecule has 0 aliphatic carbocycles. The molecule has 0 spiro atoms. The second-order valence-electron chi connectivity index (χ2n) is 4.95. The topological polar surface area (TPSA) is 39.1 Å². The van der Waals surface area contributed by atoms with Gasteiger partial charge in [-0.3, -0.25) is 9.00 Å². The van der Waals surface area contributed by atoms with Crippen LogP contribution in [0.1, 0.15) is 0 Å². The average molecular weight is 297 g/mol. The van der Waals surface area contributed by atoms with Crippen LogP contribution in [0.15, 0.2) is 64.3 Å². The van der Waals surface area contributed by atoms with Crippen LogP contribution in [0, 0.1) is 0 Å². The molecular weight excluding hydrogens is 282 g/mol. The van der Waals surface area contributed by atoms with Gasteiger partial charge in [0.25, 0.3) is 0 Å². The lowest BCUT2D eigenvalue weighted by atomic mass is 10.1. The van der Waals surface area contributed by atoms with E-state index in [0.717, 1.165) is 27.1 Å². The number of hydrogen-bond donors (Lipinski definition) is 0. The minimum atomic E-state index is -0.994. The molecule has 0 saturated heterocycles. The van der Waals surface area contributed by atoms with E-state index in [1.807, 2.05) is 60.1 Å². The summed E-state index contributed by atoms with van der Waals surface area (Å²) in [5, 5.41) is 0.718. The van der Waals surface area contributed by atoms with Gasteiger partial charge in [0.15, 0.2) is 5.43 Å². The fraction of sp³-hybridized carbons (Fsp3) is 0.118. The first-order valence-electron chi connectivity index (χ1n) is 6.60. The summed E-state index contributed by atoms with van der Waals surface area (Å²) in [6.45, 7) is 0. The fourth-order valence-electron chi connectivity index (χ4n) is 2.50. The van der Waals surface area contributed by atoms with Gasteiger partial charge in [0.2, 0.25) is 0 Å². The molecule has 4 heteroatoms. The molecule has 0 saturated carbocycles. The SMILES string of the molecule is Cn1c(-c2ccc(S(C)=O)cc2)cc(=O)c2ccccc21. The second kappa shape index (κ2) is 5.30. The highest BCUT2D eigenvalue weighted by molar-refractivity contribution is 7.84. The number of fused-ring (bicyclic) bond motifs is 1. The van der Waals surface area contributed by atoms with Crippen LogP contribution in [0.25, 0.3) is 22.2 Å². The van der Waals surface area contributed by atoms with E-state index >= 15 is 0 Å². The maximum absolute atomic E-state index is 12.2. The zero-order valence-electron chi connectivity index (χ0n) is 11.9. The number of para-hydroxylation sites is 1. The van der Waals surface area contributed by atoms with Crippen molar-refractivity contribution >= 4 is 21.7 Å². The van der Waals surface area contributed by atoms with Crippen molar-refractivity contribution in [3.8, 4) is 11.3 Å². The first-order valence-corrected chi connectivity index (χ1v) is 8.16. The highest BCUT2D eigenvalue weighted by Crippen LogP contribution is 2.22.